The zero-order chi connectivity index (χ0) is 12.8. The molecule has 0 aromatic rings. The third-order valence-corrected chi connectivity index (χ3v) is 3.00. The van der Waals surface area contributed by atoms with Gasteiger partial charge in [0.2, 0.25) is 0 Å². The number of hydrogen-bond acceptors (Lipinski definition) is 4. The Morgan fingerprint density at radius 1 is 1.12 bits per heavy atom. The maximum Gasteiger partial charge on any atom is 0.165 e. The van der Waals surface area contributed by atoms with Crippen LogP contribution in [0.3, 0.4) is 0 Å². The molecule has 0 aromatic heterocycles. The Kier molecular flexibility index (Phi) is 2.64. The van der Waals surface area contributed by atoms with Gasteiger partial charge in [0.25, 0.3) is 0 Å². The van der Waals surface area contributed by atoms with E-state index < -0.39 is 0 Å². The molecule has 4 heteroatoms. The largest absolute Gasteiger partial charge is 0.278 e. The lowest BCUT2D eigenvalue weighted by Gasteiger charge is -2.37. The predicted octanol–water partition coefficient (Wildman–Crippen LogP) is 2.35. The van der Waals surface area contributed by atoms with Gasteiger partial charge in [-0.3, -0.25) is 15.0 Å². The van der Waals surface area contributed by atoms with E-state index in [1.807, 2.05) is 12.4 Å². The van der Waals surface area contributed by atoms with Crippen LogP contribution in [-0.2, 0) is 0 Å². The lowest BCUT2D eigenvalue weighted by Crippen LogP contribution is -2.47. The predicted molar refractivity (Wildman–Crippen MR) is 73.0 cm³/mol. The van der Waals surface area contributed by atoms with E-state index in [1.54, 1.807) is 0 Å². The van der Waals surface area contributed by atoms with Crippen molar-refractivity contribution >= 4 is 18.1 Å². The van der Waals surface area contributed by atoms with Gasteiger partial charge in [0.1, 0.15) is 6.04 Å². The SMILES string of the molecule is CC(C)(C)C1=NC2C(C=NN2C(C)(C)C)N=C1. The Labute approximate surface area is 104 Å². The van der Waals surface area contributed by atoms with Crippen molar-refractivity contribution in [3.05, 3.63) is 0 Å². The number of rotatable bonds is 0. The van der Waals surface area contributed by atoms with E-state index in [9.17, 15) is 0 Å². The normalized spacial score (nSPS) is 28.4. The molecule has 2 unspecified atom stereocenters. The summed E-state index contributed by atoms with van der Waals surface area (Å²) in [7, 11) is 0. The van der Waals surface area contributed by atoms with Crippen LogP contribution >= 0.6 is 0 Å². The lowest BCUT2D eigenvalue weighted by molar-refractivity contribution is 0.102. The molecule has 0 radical (unpaired) electrons. The monoisotopic (exact) mass is 234 g/mol. The van der Waals surface area contributed by atoms with Crippen LogP contribution in [0.2, 0.25) is 0 Å². The van der Waals surface area contributed by atoms with E-state index in [4.69, 9.17) is 4.99 Å². The summed E-state index contributed by atoms with van der Waals surface area (Å²) in [5, 5.41) is 6.51. The van der Waals surface area contributed by atoms with E-state index in [0.29, 0.717) is 0 Å². The minimum atomic E-state index is -0.0186. The minimum absolute atomic E-state index is 0.0186. The first kappa shape index (κ1) is 12.3. The molecule has 2 rings (SSSR count). The Morgan fingerprint density at radius 3 is 2.29 bits per heavy atom. The molecule has 2 aliphatic rings. The van der Waals surface area contributed by atoms with Crippen LogP contribution in [0, 0.1) is 5.41 Å². The van der Waals surface area contributed by atoms with Crippen LogP contribution in [-0.4, -0.2) is 40.9 Å². The van der Waals surface area contributed by atoms with E-state index in [-0.39, 0.29) is 23.2 Å². The van der Waals surface area contributed by atoms with Crippen LogP contribution in [0.5, 0.6) is 0 Å². The molecule has 2 aliphatic heterocycles. The van der Waals surface area contributed by atoms with Crippen molar-refractivity contribution in [1.29, 1.82) is 0 Å². The third kappa shape index (κ3) is 2.26. The maximum atomic E-state index is 4.83. The molecule has 17 heavy (non-hydrogen) atoms. The molecule has 0 amide bonds. The average molecular weight is 234 g/mol. The summed E-state index contributed by atoms with van der Waals surface area (Å²) in [6.07, 6.45) is 3.84. The van der Waals surface area contributed by atoms with Crippen molar-refractivity contribution in [3.8, 4) is 0 Å². The Bertz CT molecular complexity index is 393. The van der Waals surface area contributed by atoms with Crippen molar-refractivity contribution in [2.45, 2.75) is 59.3 Å². The number of fused-ring (bicyclic) bond motifs is 1. The maximum absolute atomic E-state index is 4.83. The molecule has 0 saturated carbocycles. The summed E-state index contributed by atoms with van der Waals surface area (Å²) in [6, 6.07) is 0.0836. The van der Waals surface area contributed by atoms with Crippen LogP contribution in [0.15, 0.2) is 15.1 Å². The van der Waals surface area contributed by atoms with Crippen LogP contribution < -0.4 is 0 Å². The summed E-state index contributed by atoms with van der Waals surface area (Å²) in [5.41, 5.74) is 1.08. The fraction of sp³-hybridized carbons (Fsp3) is 0.769. The highest BCUT2D eigenvalue weighted by molar-refractivity contribution is 6.33. The van der Waals surface area contributed by atoms with Gasteiger partial charge < -0.3 is 0 Å². The number of aliphatic imine (C=N–C) groups is 2. The summed E-state index contributed by atoms with van der Waals surface area (Å²) in [5.74, 6) is 0. The van der Waals surface area contributed by atoms with Gasteiger partial charge in [0, 0.05) is 11.6 Å². The van der Waals surface area contributed by atoms with Crippen LogP contribution in [0.25, 0.3) is 0 Å². The molecule has 0 saturated heterocycles. The Hall–Kier alpha value is -1.19. The second-order valence-electron chi connectivity index (χ2n) is 6.73. The van der Waals surface area contributed by atoms with E-state index in [2.05, 4.69) is 56.6 Å². The van der Waals surface area contributed by atoms with Crippen LogP contribution in [0.1, 0.15) is 41.5 Å². The fourth-order valence-electron chi connectivity index (χ4n) is 1.97. The van der Waals surface area contributed by atoms with Gasteiger partial charge in [-0.1, -0.05) is 20.8 Å². The van der Waals surface area contributed by atoms with Crippen molar-refractivity contribution in [1.82, 2.24) is 5.01 Å². The quantitative estimate of drug-likeness (QED) is 0.634. The molecule has 0 aromatic carbocycles. The van der Waals surface area contributed by atoms with Gasteiger partial charge in [-0.15, -0.1) is 0 Å². The molecule has 0 fully saturated rings. The molecule has 0 spiro atoms. The van der Waals surface area contributed by atoms with Gasteiger partial charge in [0.05, 0.1) is 17.5 Å². The first-order chi connectivity index (χ1) is 7.69. The summed E-state index contributed by atoms with van der Waals surface area (Å²) in [6.45, 7) is 12.9. The van der Waals surface area contributed by atoms with Crippen molar-refractivity contribution in [2.75, 3.05) is 0 Å². The number of hydrazone groups is 1. The molecular weight excluding hydrogens is 212 g/mol. The summed E-state index contributed by atoms with van der Waals surface area (Å²) >= 11 is 0. The number of hydrogen-bond donors (Lipinski definition) is 0. The highest BCUT2D eigenvalue weighted by atomic mass is 15.6. The number of nitrogens with zero attached hydrogens (tertiary/aromatic N) is 4. The van der Waals surface area contributed by atoms with Gasteiger partial charge in [-0.25, -0.2) is 0 Å². The standard InChI is InChI=1S/C13H22N4/c1-12(2,3)10-8-14-9-7-15-17(11(9)16-10)13(4,5)6/h7-9,11H,1-6H3. The molecule has 2 heterocycles. The smallest absolute Gasteiger partial charge is 0.165 e. The van der Waals surface area contributed by atoms with E-state index >= 15 is 0 Å². The van der Waals surface area contributed by atoms with Gasteiger partial charge in [0.15, 0.2) is 6.17 Å². The zero-order valence-corrected chi connectivity index (χ0v) is 11.6. The molecule has 2 atom stereocenters. The molecule has 4 nitrogen and oxygen atoms in total. The molecule has 0 bridgehead atoms. The third-order valence-electron chi connectivity index (χ3n) is 3.00. The topological polar surface area (TPSA) is 40.3 Å². The van der Waals surface area contributed by atoms with Crippen molar-refractivity contribution in [3.63, 3.8) is 0 Å². The Balaban J connectivity index is 2.29. The van der Waals surface area contributed by atoms with Gasteiger partial charge >= 0.3 is 0 Å². The molecule has 0 N–H and O–H groups in total. The zero-order valence-electron chi connectivity index (χ0n) is 11.6. The van der Waals surface area contributed by atoms with Crippen molar-refractivity contribution < 1.29 is 0 Å². The minimum Gasteiger partial charge on any atom is -0.278 e. The highest BCUT2D eigenvalue weighted by Crippen LogP contribution is 2.29. The summed E-state index contributed by atoms with van der Waals surface area (Å²) < 4.78 is 0. The lowest BCUT2D eigenvalue weighted by atomic mass is 9.89. The highest BCUT2D eigenvalue weighted by Gasteiger charge is 2.39. The van der Waals surface area contributed by atoms with Gasteiger partial charge in [-0.05, 0) is 20.8 Å². The first-order valence-corrected chi connectivity index (χ1v) is 6.14. The molecule has 94 valence electrons. The average Bonchev–Trinajstić information content (AvgIpc) is 2.57. The van der Waals surface area contributed by atoms with Crippen molar-refractivity contribution in [2.24, 2.45) is 20.5 Å². The van der Waals surface area contributed by atoms with E-state index in [1.165, 1.54) is 0 Å². The molecule has 0 aliphatic carbocycles. The second kappa shape index (κ2) is 3.65. The van der Waals surface area contributed by atoms with Gasteiger partial charge in [-0.2, -0.15) is 5.10 Å². The Morgan fingerprint density at radius 2 is 1.76 bits per heavy atom. The fourth-order valence-corrected chi connectivity index (χ4v) is 1.97. The van der Waals surface area contributed by atoms with Crippen LogP contribution in [0.4, 0.5) is 0 Å². The summed E-state index contributed by atoms with van der Waals surface area (Å²) in [4.78, 5) is 9.39. The molecular formula is C13H22N4. The second-order valence-corrected chi connectivity index (χ2v) is 6.73. The van der Waals surface area contributed by atoms with E-state index in [0.717, 1.165) is 5.71 Å². The first-order valence-electron chi connectivity index (χ1n) is 6.14.